The summed E-state index contributed by atoms with van der Waals surface area (Å²) >= 11 is 0. The molecule has 4 fully saturated rings. The average molecular weight is 334 g/mol. The summed E-state index contributed by atoms with van der Waals surface area (Å²) in [6.07, 6.45) is 6.50. The molecule has 1 amide bonds. The molecule has 5 rings (SSSR count). The first-order valence-corrected chi connectivity index (χ1v) is 9.82. The summed E-state index contributed by atoms with van der Waals surface area (Å²) in [7, 11) is -3.71. The van der Waals surface area contributed by atoms with Crippen molar-refractivity contribution in [2.24, 2.45) is 23.2 Å². The molecule has 1 aromatic rings. The van der Waals surface area contributed by atoms with Crippen molar-refractivity contribution in [3.05, 3.63) is 30.3 Å². The van der Waals surface area contributed by atoms with Gasteiger partial charge in [0.25, 0.3) is 10.0 Å². The molecule has 1 aromatic carbocycles. The van der Waals surface area contributed by atoms with Gasteiger partial charge in [-0.3, -0.25) is 10.2 Å². The topological polar surface area (TPSA) is 75.3 Å². The van der Waals surface area contributed by atoms with Crippen molar-refractivity contribution in [3.63, 3.8) is 0 Å². The van der Waals surface area contributed by atoms with E-state index in [-0.39, 0.29) is 16.2 Å². The minimum Gasteiger partial charge on any atom is -0.277 e. The second-order valence-electron chi connectivity index (χ2n) is 7.57. The van der Waals surface area contributed by atoms with Crippen LogP contribution in [0.4, 0.5) is 0 Å². The lowest BCUT2D eigenvalue weighted by Gasteiger charge is -2.55. The molecule has 0 atom stereocenters. The lowest BCUT2D eigenvalue weighted by Crippen LogP contribution is -2.56. The van der Waals surface area contributed by atoms with E-state index in [0.717, 1.165) is 19.3 Å². The lowest BCUT2D eigenvalue weighted by molar-refractivity contribution is -0.146. The Labute approximate surface area is 136 Å². The number of hydrazine groups is 1. The van der Waals surface area contributed by atoms with Gasteiger partial charge in [-0.05, 0) is 68.4 Å². The Morgan fingerprint density at radius 3 is 2.00 bits per heavy atom. The molecule has 0 aliphatic heterocycles. The summed E-state index contributed by atoms with van der Waals surface area (Å²) in [5.41, 5.74) is 2.15. The summed E-state index contributed by atoms with van der Waals surface area (Å²) in [6.45, 7) is 0. The molecule has 4 saturated carbocycles. The first-order valence-electron chi connectivity index (χ1n) is 8.34. The molecule has 4 aliphatic carbocycles. The van der Waals surface area contributed by atoms with Crippen LogP contribution in [0.5, 0.6) is 0 Å². The summed E-state index contributed by atoms with van der Waals surface area (Å²) < 4.78 is 24.5. The molecule has 0 heterocycles. The maximum atomic E-state index is 12.7. The standard InChI is InChI=1S/C17H22N2O3S/c20-16(18-19-23(21,22)15-4-2-1-3-5-15)17-9-12-6-13(10-17)8-14(7-12)11-17/h1-5,12-14,19H,6-11H2,(H,18,20). The fourth-order valence-corrected chi connectivity index (χ4v) is 6.15. The van der Waals surface area contributed by atoms with Gasteiger partial charge in [-0.15, -0.1) is 4.83 Å². The highest BCUT2D eigenvalue weighted by Gasteiger charge is 2.54. The average Bonchev–Trinajstić information content (AvgIpc) is 2.52. The van der Waals surface area contributed by atoms with Gasteiger partial charge in [0.2, 0.25) is 5.91 Å². The van der Waals surface area contributed by atoms with Gasteiger partial charge in [0, 0.05) is 0 Å². The van der Waals surface area contributed by atoms with Crippen LogP contribution in [0.25, 0.3) is 0 Å². The molecule has 0 saturated heterocycles. The molecule has 2 N–H and O–H groups in total. The van der Waals surface area contributed by atoms with Crippen LogP contribution in [0, 0.1) is 23.2 Å². The van der Waals surface area contributed by atoms with Crippen molar-refractivity contribution in [3.8, 4) is 0 Å². The largest absolute Gasteiger partial charge is 0.277 e. The number of rotatable bonds is 4. The minimum atomic E-state index is -3.71. The van der Waals surface area contributed by atoms with E-state index in [1.165, 1.54) is 31.4 Å². The number of benzene rings is 1. The van der Waals surface area contributed by atoms with Crippen molar-refractivity contribution in [1.82, 2.24) is 10.3 Å². The Bertz CT molecular complexity index is 679. The first-order chi connectivity index (χ1) is 11.0. The highest BCUT2D eigenvalue weighted by atomic mass is 32.2. The third kappa shape index (κ3) is 2.68. The second-order valence-corrected chi connectivity index (χ2v) is 9.25. The summed E-state index contributed by atoms with van der Waals surface area (Å²) in [5, 5.41) is 0. The summed E-state index contributed by atoms with van der Waals surface area (Å²) in [4.78, 5) is 15.2. The molecule has 0 radical (unpaired) electrons. The van der Waals surface area contributed by atoms with E-state index in [1.54, 1.807) is 18.2 Å². The second kappa shape index (κ2) is 5.31. The molecule has 4 aliphatic rings. The van der Waals surface area contributed by atoms with Gasteiger partial charge in [-0.2, -0.15) is 0 Å². The minimum absolute atomic E-state index is 0.142. The monoisotopic (exact) mass is 334 g/mol. The van der Waals surface area contributed by atoms with E-state index < -0.39 is 10.0 Å². The van der Waals surface area contributed by atoms with Gasteiger partial charge >= 0.3 is 0 Å². The van der Waals surface area contributed by atoms with Crippen molar-refractivity contribution in [1.29, 1.82) is 0 Å². The van der Waals surface area contributed by atoms with Crippen LogP contribution in [0.2, 0.25) is 0 Å². The maximum Gasteiger partial charge on any atom is 0.257 e. The normalized spacial score (nSPS) is 35.2. The van der Waals surface area contributed by atoms with Gasteiger partial charge in [0.1, 0.15) is 0 Å². The van der Waals surface area contributed by atoms with E-state index in [4.69, 9.17) is 0 Å². The zero-order chi connectivity index (χ0) is 16.1. The summed E-state index contributed by atoms with van der Waals surface area (Å²) in [6, 6.07) is 8.11. The van der Waals surface area contributed by atoms with Crippen LogP contribution >= 0.6 is 0 Å². The Balaban J connectivity index is 1.47. The predicted octanol–water partition coefficient (Wildman–Crippen LogP) is 2.21. The van der Waals surface area contributed by atoms with Gasteiger partial charge in [-0.1, -0.05) is 18.2 Å². The van der Waals surface area contributed by atoms with Gasteiger partial charge < -0.3 is 0 Å². The predicted molar refractivity (Wildman–Crippen MR) is 85.5 cm³/mol. The fraction of sp³-hybridized carbons (Fsp3) is 0.588. The van der Waals surface area contributed by atoms with Crippen molar-refractivity contribution in [2.75, 3.05) is 0 Å². The summed E-state index contributed by atoms with van der Waals surface area (Å²) in [5.74, 6) is 1.81. The number of carbonyl (C=O) groups is 1. The maximum absolute atomic E-state index is 12.7. The Morgan fingerprint density at radius 1 is 0.957 bits per heavy atom. The van der Waals surface area contributed by atoms with Crippen LogP contribution in [0.3, 0.4) is 0 Å². The highest BCUT2D eigenvalue weighted by molar-refractivity contribution is 7.89. The van der Waals surface area contributed by atoms with Gasteiger partial charge in [0.05, 0.1) is 10.3 Å². The van der Waals surface area contributed by atoms with Gasteiger partial charge in [-0.25, -0.2) is 8.42 Å². The molecule has 4 bridgehead atoms. The molecule has 0 aromatic heterocycles. The highest BCUT2D eigenvalue weighted by Crippen LogP contribution is 2.60. The molecule has 0 unspecified atom stereocenters. The molecular weight excluding hydrogens is 312 g/mol. The lowest BCUT2D eigenvalue weighted by atomic mass is 9.49. The molecule has 124 valence electrons. The van der Waals surface area contributed by atoms with E-state index >= 15 is 0 Å². The number of hydrogen-bond donors (Lipinski definition) is 2. The number of carbonyl (C=O) groups excluding carboxylic acids is 1. The quantitative estimate of drug-likeness (QED) is 0.829. The fourth-order valence-electron chi connectivity index (χ4n) is 5.29. The van der Waals surface area contributed by atoms with Crippen LogP contribution in [-0.4, -0.2) is 14.3 Å². The SMILES string of the molecule is O=C(NNS(=O)(=O)c1ccccc1)C12CC3CC(CC(C3)C1)C2. The number of hydrogen-bond acceptors (Lipinski definition) is 3. The van der Waals surface area contributed by atoms with E-state index in [9.17, 15) is 13.2 Å². The van der Waals surface area contributed by atoms with Crippen molar-refractivity contribution in [2.45, 2.75) is 43.4 Å². The zero-order valence-corrected chi connectivity index (χ0v) is 13.8. The first kappa shape index (κ1) is 15.1. The molecular formula is C17H22N2O3S. The van der Waals surface area contributed by atoms with Gasteiger partial charge in [0.15, 0.2) is 0 Å². The molecule has 6 heteroatoms. The number of sulfonamides is 1. The van der Waals surface area contributed by atoms with E-state index in [0.29, 0.717) is 17.8 Å². The van der Waals surface area contributed by atoms with E-state index in [1.807, 2.05) is 0 Å². The van der Waals surface area contributed by atoms with E-state index in [2.05, 4.69) is 10.3 Å². The number of nitrogens with one attached hydrogen (secondary N) is 2. The van der Waals surface area contributed by atoms with Crippen LogP contribution < -0.4 is 10.3 Å². The zero-order valence-electron chi connectivity index (χ0n) is 13.0. The smallest absolute Gasteiger partial charge is 0.257 e. The Kier molecular flexibility index (Phi) is 3.50. The molecule has 5 nitrogen and oxygen atoms in total. The molecule has 0 spiro atoms. The number of amides is 1. The van der Waals surface area contributed by atoms with Crippen molar-refractivity contribution < 1.29 is 13.2 Å². The van der Waals surface area contributed by atoms with Crippen LogP contribution in [-0.2, 0) is 14.8 Å². The third-order valence-corrected chi connectivity index (χ3v) is 7.14. The van der Waals surface area contributed by atoms with Crippen molar-refractivity contribution >= 4 is 15.9 Å². The molecule has 23 heavy (non-hydrogen) atoms. The third-order valence-electron chi connectivity index (χ3n) is 5.87. The Hall–Kier alpha value is -1.40. The van der Waals surface area contributed by atoms with Crippen LogP contribution in [0.15, 0.2) is 35.2 Å². The Morgan fingerprint density at radius 2 is 1.48 bits per heavy atom. The van der Waals surface area contributed by atoms with Crippen LogP contribution in [0.1, 0.15) is 38.5 Å².